The van der Waals surface area contributed by atoms with E-state index in [0.717, 1.165) is 27.1 Å². The van der Waals surface area contributed by atoms with Gasteiger partial charge in [-0.2, -0.15) is 0 Å². The molecule has 1 aromatic carbocycles. The van der Waals surface area contributed by atoms with Gasteiger partial charge in [-0.25, -0.2) is 9.97 Å². The average molecular weight is 377 g/mol. The van der Waals surface area contributed by atoms with Gasteiger partial charge < -0.3 is 9.21 Å². The molecular weight excluding hydrogens is 348 g/mol. The molecule has 4 nitrogen and oxygen atoms in total. The van der Waals surface area contributed by atoms with Gasteiger partial charge in [-0.1, -0.05) is 0 Å². The summed E-state index contributed by atoms with van der Waals surface area (Å²) in [6.07, 6.45) is 0. The number of anilines is 2. The second kappa shape index (κ2) is 7.87. The van der Waals surface area contributed by atoms with E-state index in [1.54, 1.807) is 11.8 Å². The fourth-order valence-electron chi connectivity index (χ4n) is 2.36. The first-order chi connectivity index (χ1) is 11.6. The first kappa shape index (κ1) is 19.9. The molecule has 2 aromatic rings. The quantitative estimate of drug-likeness (QED) is 0.527. The van der Waals surface area contributed by atoms with Crippen molar-refractivity contribution in [3.8, 4) is 0 Å². The van der Waals surface area contributed by atoms with E-state index < -0.39 is 0 Å². The Balaban J connectivity index is 2.17. The predicted octanol–water partition coefficient (Wildman–Crippen LogP) is 5.19. The summed E-state index contributed by atoms with van der Waals surface area (Å²) in [5.41, 5.74) is 3.35. The average Bonchev–Trinajstić information content (AvgIpc) is 2.49. The van der Waals surface area contributed by atoms with Crippen LogP contribution in [0.25, 0.3) is 0 Å². The first-order valence-corrected chi connectivity index (χ1v) is 9.89. The van der Waals surface area contributed by atoms with Crippen molar-refractivity contribution in [2.75, 3.05) is 30.3 Å². The number of rotatable bonds is 5. The van der Waals surface area contributed by atoms with Gasteiger partial charge >= 0.3 is 0 Å². The Kier molecular flexibility index (Phi) is 6.27. The zero-order valence-electron chi connectivity index (χ0n) is 16.4. The summed E-state index contributed by atoms with van der Waals surface area (Å²) in [6.45, 7) is 10.8. The van der Waals surface area contributed by atoms with Crippen molar-refractivity contribution in [2.24, 2.45) is 0 Å². The van der Waals surface area contributed by atoms with Crippen molar-refractivity contribution in [1.82, 2.24) is 9.97 Å². The Morgan fingerprint density at radius 1 is 0.920 bits per heavy atom. The minimum absolute atomic E-state index is 0.192. The third kappa shape index (κ3) is 5.54. The minimum Gasteiger partial charge on any atom is -0.362 e. The number of benzene rings is 1. The molecule has 0 aliphatic carbocycles. The maximum Gasteiger partial charge on any atom is 0.194 e. The van der Waals surface area contributed by atoms with Gasteiger partial charge in [0.25, 0.3) is 0 Å². The molecule has 0 aliphatic rings. The van der Waals surface area contributed by atoms with E-state index in [1.165, 1.54) is 5.69 Å². The second-order valence-electron chi connectivity index (χ2n) is 7.23. The highest BCUT2D eigenvalue weighted by Gasteiger charge is 2.15. The summed E-state index contributed by atoms with van der Waals surface area (Å²) in [5, 5.41) is 0.789. The van der Waals surface area contributed by atoms with Gasteiger partial charge in [0, 0.05) is 47.7 Å². The molecule has 0 spiro atoms. The maximum absolute atomic E-state index is 4.70. The Morgan fingerprint density at radius 2 is 1.52 bits per heavy atom. The summed E-state index contributed by atoms with van der Waals surface area (Å²) < 4.78 is 2.41. The lowest BCUT2D eigenvalue weighted by molar-refractivity contribution is 0.801. The molecule has 0 atom stereocenters. The fraction of sp³-hybridized carbons (Fsp3) is 0.474. The molecule has 0 N–H and O–H groups in total. The molecule has 0 amide bonds. The summed E-state index contributed by atoms with van der Waals surface area (Å²) >= 11 is 3.43. The van der Waals surface area contributed by atoms with E-state index in [1.807, 2.05) is 37.9 Å². The van der Waals surface area contributed by atoms with Crippen LogP contribution < -0.4 is 9.21 Å². The van der Waals surface area contributed by atoms with Gasteiger partial charge in [0.15, 0.2) is 5.16 Å². The summed E-state index contributed by atoms with van der Waals surface area (Å²) in [5.74, 6) is 0.980. The van der Waals surface area contributed by atoms with Gasteiger partial charge in [0.1, 0.15) is 5.82 Å². The third-order valence-corrected chi connectivity index (χ3v) is 5.49. The molecule has 0 saturated carbocycles. The minimum atomic E-state index is 0.192. The van der Waals surface area contributed by atoms with Crippen LogP contribution in [0.5, 0.6) is 0 Å². The molecule has 2 rings (SSSR count). The van der Waals surface area contributed by atoms with Crippen LogP contribution in [0.3, 0.4) is 0 Å². The van der Waals surface area contributed by atoms with Crippen molar-refractivity contribution in [1.29, 1.82) is 0 Å². The number of aryl methyl sites for hydroxylation is 1. The van der Waals surface area contributed by atoms with Gasteiger partial charge in [-0.3, -0.25) is 0 Å². The lowest BCUT2D eigenvalue weighted by Gasteiger charge is -2.26. The van der Waals surface area contributed by atoms with Gasteiger partial charge in [-0.05, 0) is 82.6 Å². The smallest absolute Gasteiger partial charge is 0.194 e. The van der Waals surface area contributed by atoms with Gasteiger partial charge in [0.05, 0.1) is 0 Å². The summed E-state index contributed by atoms with van der Waals surface area (Å²) in [4.78, 5) is 12.5. The van der Waals surface area contributed by atoms with E-state index in [9.17, 15) is 0 Å². The van der Waals surface area contributed by atoms with Crippen molar-refractivity contribution >= 4 is 35.2 Å². The fourth-order valence-corrected chi connectivity index (χ4v) is 4.21. The normalized spacial score (nSPS) is 11.5. The molecule has 1 aromatic heterocycles. The highest BCUT2D eigenvalue weighted by Crippen LogP contribution is 2.33. The van der Waals surface area contributed by atoms with Crippen molar-refractivity contribution in [3.05, 3.63) is 35.5 Å². The predicted molar refractivity (Wildman–Crippen MR) is 112 cm³/mol. The van der Waals surface area contributed by atoms with Gasteiger partial charge in [0.2, 0.25) is 0 Å². The Labute approximate surface area is 160 Å². The van der Waals surface area contributed by atoms with Crippen LogP contribution in [0.15, 0.2) is 34.3 Å². The van der Waals surface area contributed by atoms with Crippen molar-refractivity contribution in [3.63, 3.8) is 0 Å². The molecule has 6 heteroatoms. The molecule has 0 fully saturated rings. The van der Waals surface area contributed by atoms with Gasteiger partial charge in [-0.15, -0.1) is 0 Å². The number of hydrogen-bond acceptors (Lipinski definition) is 6. The van der Waals surface area contributed by atoms with Crippen LogP contribution in [0, 0.1) is 13.8 Å². The van der Waals surface area contributed by atoms with E-state index in [2.05, 4.69) is 68.3 Å². The molecule has 1 heterocycles. The first-order valence-electron chi connectivity index (χ1n) is 8.30. The topological polar surface area (TPSA) is 32.3 Å². The molecule has 0 bridgehead atoms. The molecule has 0 radical (unpaired) electrons. The molecular formula is C19H28N4S2. The Morgan fingerprint density at radius 3 is 2.04 bits per heavy atom. The second-order valence-corrected chi connectivity index (χ2v) is 10.2. The summed E-state index contributed by atoms with van der Waals surface area (Å²) in [6, 6.07) is 8.56. The molecule has 136 valence electrons. The number of aromatic nitrogens is 2. The Bertz CT molecular complexity index is 721. The Hall–Kier alpha value is -1.40. The zero-order chi connectivity index (χ0) is 18.8. The van der Waals surface area contributed by atoms with Crippen LogP contribution in [0.1, 0.15) is 32.0 Å². The van der Waals surface area contributed by atoms with Crippen molar-refractivity contribution < 1.29 is 0 Å². The van der Waals surface area contributed by atoms with Crippen LogP contribution in [-0.4, -0.2) is 35.9 Å². The van der Waals surface area contributed by atoms with E-state index >= 15 is 0 Å². The third-order valence-electron chi connectivity index (χ3n) is 3.59. The van der Waals surface area contributed by atoms with Crippen LogP contribution >= 0.6 is 23.7 Å². The van der Waals surface area contributed by atoms with E-state index in [0.29, 0.717) is 0 Å². The SMILES string of the molecule is Cc1nc(Sc2ccc(N(C)SC(C)(C)C)cc2)nc(N(C)C)c1C. The molecule has 0 unspecified atom stereocenters. The lowest BCUT2D eigenvalue weighted by Crippen LogP contribution is -2.18. The monoisotopic (exact) mass is 376 g/mol. The van der Waals surface area contributed by atoms with E-state index in [4.69, 9.17) is 4.98 Å². The molecule has 25 heavy (non-hydrogen) atoms. The lowest BCUT2D eigenvalue weighted by atomic mass is 10.2. The maximum atomic E-state index is 4.70. The van der Waals surface area contributed by atoms with Crippen LogP contribution in [0.4, 0.5) is 11.5 Å². The summed E-state index contributed by atoms with van der Waals surface area (Å²) in [7, 11) is 6.13. The molecule has 0 aliphatic heterocycles. The number of nitrogens with zero attached hydrogens (tertiary/aromatic N) is 4. The standard InChI is InChI=1S/C19H28N4S2/c1-13-14(2)20-18(21-17(13)22(6)7)24-16-11-9-15(10-12-16)23(8)25-19(3,4)5/h9-12H,1-8H3. The highest BCUT2D eigenvalue weighted by atomic mass is 32.2. The largest absolute Gasteiger partial charge is 0.362 e. The van der Waals surface area contributed by atoms with Crippen molar-refractivity contribution in [2.45, 2.75) is 49.4 Å². The van der Waals surface area contributed by atoms with Crippen LogP contribution in [-0.2, 0) is 0 Å². The number of hydrogen-bond donors (Lipinski definition) is 0. The zero-order valence-corrected chi connectivity index (χ0v) is 18.0. The highest BCUT2D eigenvalue weighted by molar-refractivity contribution is 8.01. The van der Waals surface area contributed by atoms with E-state index in [-0.39, 0.29) is 4.75 Å². The molecule has 0 saturated heterocycles. The van der Waals surface area contributed by atoms with Crippen LogP contribution in [0.2, 0.25) is 0 Å².